The standard InChI is InChI=1S/C17H36N2/c1-8-15-9-10-19(12-14(2)11-18-15)17(6,7)13-16(3,4)5/h14-15,18H,8-13H2,1-7H3. The van der Waals surface area contributed by atoms with Crippen LogP contribution in [0.2, 0.25) is 0 Å². The predicted octanol–water partition coefficient (Wildman–Crippen LogP) is 3.91. The molecule has 2 unspecified atom stereocenters. The van der Waals surface area contributed by atoms with Crippen molar-refractivity contribution in [3.05, 3.63) is 0 Å². The largest absolute Gasteiger partial charge is 0.314 e. The summed E-state index contributed by atoms with van der Waals surface area (Å²) in [6.45, 7) is 20.3. The van der Waals surface area contributed by atoms with Crippen LogP contribution < -0.4 is 5.32 Å². The maximum absolute atomic E-state index is 3.71. The minimum Gasteiger partial charge on any atom is -0.314 e. The zero-order chi connectivity index (χ0) is 14.7. The Morgan fingerprint density at radius 1 is 1.16 bits per heavy atom. The molecule has 0 aromatic carbocycles. The zero-order valence-corrected chi connectivity index (χ0v) is 14.3. The van der Waals surface area contributed by atoms with Crippen LogP contribution in [0.3, 0.4) is 0 Å². The molecule has 0 amide bonds. The smallest absolute Gasteiger partial charge is 0.0158 e. The van der Waals surface area contributed by atoms with Gasteiger partial charge in [-0.25, -0.2) is 0 Å². The van der Waals surface area contributed by atoms with E-state index in [1.807, 2.05) is 0 Å². The first-order valence-corrected chi connectivity index (χ1v) is 8.12. The van der Waals surface area contributed by atoms with Gasteiger partial charge >= 0.3 is 0 Å². The number of nitrogens with zero attached hydrogens (tertiary/aromatic N) is 1. The molecule has 1 N–H and O–H groups in total. The van der Waals surface area contributed by atoms with E-state index in [0.717, 1.165) is 5.92 Å². The van der Waals surface area contributed by atoms with Gasteiger partial charge in [-0.3, -0.25) is 4.90 Å². The Labute approximate surface area is 121 Å². The molecule has 0 spiro atoms. The van der Waals surface area contributed by atoms with E-state index in [9.17, 15) is 0 Å². The van der Waals surface area contributed by atoms with Crippen LogP contribution >= 0.6 is 0 Å². The first-order valence-electron chi connectivity index (χ1n) is 8.12. The van der Waals surface area contributed by atoms with Crippen LogP contribution in [0.1, 0.15) is 67.7 Å². The lowest BCUT2D eigenvalue weighted by molar-refractivity contribution is 0.0522. The highest BCUT2D eigenvalue weighted by atomic mass is 15.2. The lowest BCUT2D eigenvalue weighted by Gasteiger charge is -2.45. The molecule has 2 nitrogen and oxygen atoms in total. The number of nitrogens with one attached hydrogen (secondary N) is 1. The van der Waals surface area contributed by atoms with E-state index in [0.29, 0.717) is 17.0 Å². The highest BCUT2D eigenvalue weighted by Crippen LogP contribution is 2.32. The van der Waals surface area contributed by atoms with Crippen LogP contribution in [-0.4, -0.2) is 36.1 Å². The number of hydrogen-bond donors (Lipinski definition) is 1. The Balaban J connectivity index is 2.72. The number of rotatable bonds is 3. The average molecular weight is 268 g/mol. The molecule has 0 radical (unpaired) electrons. The molecule has 19 heavy (non-hydrogen) atoms. The Morgan fingerprint density at radius 2 is 1.79 bits per heavy atom. The van der Waals surface area contributed by atoms with Gasteiger partial charge in [0.25, 0.3) is 0 Å². The molecule has 1 rings (SSSR count). The maximum Gasteiger partial charge on any atom is 0.0158 e. The summed E-state index contributed by atoms with van der Waals surface area (Å²) in [5.74, 6) is 0.744. The summed E-state index contributed by atoms with van der Waals surface area (Å²) in [7, 11) is 0. The molecule has 2 atom stereocenters. The SMILES string of the molecule is CCC1CCN(C(C)(C)CC(C)(C)C)CC(C)CN1. The topological polar surface area (TPSA) is 15.3 Å². The summed E-state index contributed by atoms with van der Waals surface area (Å²) in [6.07, 6.45) is 3.80. The second kappa shape index (κ2) is 6.58. The van der Waals surface area contributed by atoms with Crippen molar-refractivity contribution in [2.75, 3.05) is 19.6 Å². The van der Waals surface area contributed by atoms with Crippen LogP contribution in [0.25, 0.3) is 0 Å². The van der Waals surface area contributed by atoms with Gasteiger partial charge < -0.3 is 5.32 Å². The zero-order valence-electron chi connectivity index (χ0n) is 14.3. The van der Waals surface area contributed by atoms with E-state index < -0.39 is 0 Å². The van der Waals surface area contributed by atoms with Gasteiger partial charge in [0.2, 0.25) is 0 Å². The molecule has 1 aliphatic heterocycles. The Bertz CT molecular complexity index is 265. The Kier molecular flexibility index (Phi) is 5.88. The third-order valence-corrected chi connectivity index (χ3v) is 4.35. The molecule has 2 heteroatoms. The molecule has 0 bridgehead atoms. The van der Waals surface area contributed by atoms with Crippen LogP contribution in [0.15, 0.2) is 0 Å². The summed E-state index contributed by atoms with van der Waals surface area (Å²) in [6, 6.07) is 0.704. The normalized spacial score (nSPS) is 27.9. The van der Waals surface area contributed by atoms with E-state index in [-0.39, 0.29) is 0 Å². The van der Waals surface area contributed by atoms with Crippen molar-refractivity contribution in [3.8, 4) is 0 Å². The summed E-state index contributed by atoms with van der Waals surface area (Å²) in [4.78, 5) is 2.74. The molecule has 0 aromatic heterocycles. The van der Waals surface area contributed by atoms with Crippen molar-refractivity contribution in [2.45, 2.75) is 79.3 Å². The predicted molar refractivity (Wildman–Crippen MR) is 85.6 cm³/mol. The van der Waals surface area contributed by atoms with Crippen molar-refractivity contribution in [1.82, 2.24) is 10.2 Å². The van der Waals surface area contributed by atoms with Gasteiger partial charge in [-0.15, -0.1) is 0 Å². The fourth-order valence-corrected chi connectivity index (χ4v) is 3.62. The molecule has 0 saturated carbocycles. The van der Waals surface area contributed by atoms with Crippen molar-refractivity contribution in [2.24, 2.45) is 11.3 Å². The fraction of sp³-hybridized carbons (Fsp3) is 1.00. The van der Waals surface area contributed by atoms with Crippen LogP contribution in [0, 0.1) is 11.3 Å². The van der Waals surface area contributed by atoms with E-state index in [1.165, 1.54) is 38.9 Å². The highest BCUT2D eigenvalue weighted by Gasteiger charge is 2.33. The fourth-order valence-electron chi connectivity index (χ4n) is 3.62. The first-order chi connectivity index (χ1) is 8.64. The Hall–Kier alpha value is -0.0800. The summed E-state index contributed by atoms with van der Waals surface area (Å²) in [5.41, 5.74) is 0.708. The molecule has 114 valence electrons. The van der Waals surface area contributed by atoms with E-state index in [4.69, 9.17) is 0 Å². The average Bonchev–Trinajstić information content (AvgIpc) is 2.20. The molecule has 0 aromatic rings. The van der Waals surface area contributed by atoms with Gasteiger partial charge in [-0.2, -0.15) is 0 Å². The quantitative estimate of drug-likeness (QED) is 0.835. The monoisotopic (exact) mass is 268 g/mol. The van der Waals surface area contributed by atoms with Crippen molar-refractivity contribution < 1.29 is 0 Å². The highest BCUT2D eigenvalue weighted by molar-refractivity contribution is 4.89. The minimum absolute atomic E-state index is 0.308. The summed E-state index contributed by atoms with van der Waals surface area (Å²) in [5, 5.41) is 3.71. The van der Waals surface area contributed by atoms with Crippen molar-refractivity contribution in [3.63, 3.8) is 0 Å². The second-order valence-corrected chi connectivity index (χ2v) is 8.40. The van der Waals surface area contributed by atoms with Crippen LogP contribution in [0.5, 0.6) is 0 Å². The molecular weight excluding hydrogens is 232 g/mol. The summed E-state index contributed by atoms with van der Waals surface area (Å²) >= 11 is 0. The molecule has 1 fully saturated rings. The second-order valence-electron chi connectivity index (χ2n) is 8.40. The molecule has 1 aliphatic rings. The maximum atomic E-state index is 3.71. The lowest BCUT2D eigenvalue weighted by atomic mass is 9.80. The first kappa shape index (κ1) is 17.0. The van der Waals surface area contributed by atoms with Gasteiger partial charge in [-0.05, 0) is 51.0 Å². The third kappa shape index (κ3) is 5.83. The molecule has 1 saturated heterocycles. The summed E-state index contributed by atoms with van der Waals surface area (Å²) < 4.78 is 0. The number of hydrogen-bond acceptors (Lipinski definition) is 2. The van der Waals surface area contributed by atoms with E-state index in [1.54, 1.807) is 0 Å². The van der Waals surface area contributed by atoms with E-state index in [2.05, 4.69) is 58.7 Å². The molecular formula is C17H36N2. The van der Waals surface area contributed by atoms with Crippen molar-refractivity contribution in [1.29, 1.82) is 0 Å². The van der Waals surface area contributed by atoms with Gasteiger partial charge in [-0.1, -0.05) is 34.6 Å². The van der Waals surface area contributed by atoms with Crippen molar-refractivity contribution >= 4 is 0 Å². The van der Waals surface area contributed by atoms with Crippen LogP contribution in [-0.2, 0) is 0 Å². The minimum atomic E-state index is 0.308. The van der Waals surface area contributed by atoms with E-state index >= 15 is 0 Å². The van der Waals surface area contributed by atoms with Gasteiger partial charge in [0.05, 0.1) is 0 Å². The third-order valence-electron chi connectivity index (χ3n) is 4.35. The Morgan fingerprint density at radius 3 is 2.32 bits per heavy atom. The van der Waals surface area contributed by atoms with Gasteiger partial charge in [0.1, 0.15) is 0 Å². The van der Waals surface area contributed by atoms with Crippen LogP contribution in [0.4, 0.5) is 0 Å². The van der Waals surface area contributed by atoms with Gasteiger partial charge in [0.15, 0.2) is 0 Å². The molecule has 1 heterocycles. The lowest BCUT2D eigenvalue weighted by Crippen LogP contribution is -2.52. The van der Waals surface area contributed by atoms with Gasteiger partial charge in [0, 0.05) is 24.7 Å². The molecule has 0 aliphatic carbocycles.